The summed E-state index contributed by atoms with van der Waals surface area (Å²) in [6.07, 6.45) is 3.58. The number of nitrogens with zero attached hydrogens (tertiary/aromatic N) is 1. The van der Waals surface area contributed by atoms with Crippen LogP contribution in [-0.4, -0.2) is 35.7 Å². The van der Waals surface area contributed by atoms with Crippen LogP contribution in [0.2, 0.25) is 0 Å². The number of hydrogen-bond donors (Lipinski definition) is 0. The van der Waals surface area contributed by atoms with Crippen LogP contribution in [0.5, 0.6) is 0 Å². The van der Waals surface area contributed by atoms with Gasteiger partial charge in [0.2, 0.25) is 0 Å². The largest absolute Gasteiger partial charge is 0.376 e. The van der Waals surface area contributed by atoms with Crippen molar-refractivity contribution in [3.05, 3.63) is 0 Å². The van der Waals surface area contributed by atoms with Crippen molar-refractivity contribution in [1.29, 1.82) is 0 Å². The Hall–Kier alpha value is -0.0800. The van der Waals surface area contributed by atoms with Crippen LogP contribution in [0.1, 0.15) is 88.5 Å². The zero-order chi connectivity index (χ0) is 18.1. The summed E-state index contributed by atoms with van der Waals surface area (Å²) in [7, 11) is 0. The van der Waals surface area contributed by atoms with E-state index in [2.05, 4.69) is 74.1 Å². The summed E-state index contributed by atoms with van der Waals surface area (Å²) in [5.74, 6) is 0.788. The summed E-state index contributed by atoms with van der Waals surface area (Å²) in [6, 6.07) is 0. The van der Waals surface area contributed by atoms with E-state index in [9.17, 15) is 0 Å². The van der Waals surface area contributed by atoms with Crippen LogP contribution >= 0.6 is 0 Å². The van der Waals surface area contributed by atoms with Crippen molar-refractivity contribution >= 4 is 0 Å². The topological polar surface area (TPSA) is 12.5 Å². The highest BCUT2D eigenvalue weighted by Crippen LogP contribution is 2.39. The maximum Gasteiger partial charge on any atom is 0.0631 e. The maximum absolute atomic E-state index is 6.28. The fraction of sp³-hybridized carbons (Fsp3) is 1.00. The van der Waals surface area contributed by atoms with E-state index < -0.39 is 0 Å². The van der Waals surface area contributed by atoms with Crippen LogP contribution in [0.3, 0.4) is 0 Å². The van der Waals surface area contributed by atoms with Gasteiger partial charge in [-0.3, -0.25) is 4.90 Å². The van der Waals surface area contributed by atoms with E-state index in [1.54, 1.807) is 0 Å². The van der Waals surface area contributed by atoms with E-state index >= 15 is 0 Å². The van der Waals surface area contributed by atoms with Gasteiger partial charge in [0.15, 0.2) is 0 Å². The van der Waals surface area contributed by atoms with Gasteiger partial charge in [-0.1, -0.05) is 34.6 Å². The van der Waals surface area contributed by atoms with Gasteiger partial charge in [-0.15, -0.1) is 0 Å². The molecule has 0 spiro atoms. The third-order valence-corrected chi connectivity index (χ3v) is 5.44. The summed E-state index contributed by atoms with van der Waals surface area (Å²) < 4.78 is 6.28. The summed E-state index contributed by atoms with van der Waals surface area (Å²) in [6.45, 7) is 26.6. The molecule has 1 heterocycles. The van der Waals surface area contributed by atoms with E-state index in [1.165, 1.54) is 19.5 Å². The number of likely N-dealkylation sites (tertiary alicyclic amines) is 1. The summed E-state index contributed by atoms with van der Waals surface area (Å²) in [5, 5.41) is 0. The van der Waals surface area contributed by atoms with Crippen molar-refractivity contribution in [2.45, 2.75) is 99.6 Å². The molecule has 1 atom stereocenters. The van der Waals surface area contributed by atoms with Crippen LogP contribution in [0, 0.1) is 16.7 Å². The summed E-state index contributed by atoms with van der Waals surface area (Å²) >= 11 is 0. The van der Waals surface area contributed by atoms with E-state index in [0.29, 0.717) is 16.4 Å². The Kier molecular flexibility index (Phi) is 6.41. The van der Waals surface area contributed by atoms with Crippen molar-refractivity contribution < 1.29 is 4.74 Å². The minimum atomic E-state index is -0.0263. The maximum atomic E-state index is 6.28. The molecule has 0 amide bonds. The lowest BCUT2D eigenvalue weighted by Gasteiger charge is -2.37. The van der Waals surface area contributed by atoms with Gasteiger partial charge >= 0.3 is 0 Å². The molecule has 1 rings (SSSR count). The van der Waals surface area contributed by atoms with Gasteiger partial charge in [-0.05, 0) is 77.2 Å². The molecular weight excluding hydrogens is 282 g/mol. The normalized spacial score (nSPS) is 21.9. The first-order valence-corrected chi connectivity index (χ1v) is 9.51. The molecule has 0 bridgehead atoms. The molecule has 1 unspecified atom stereocenters. The third kappa shape index (κ3) is 7.13. The van der Waals surface area contributed by atoms with Crippen LogP contribution in [0.4, 0.5) is 0 Å². The van der Waals surface area contributed by atoms with Gasteiger partial charge < -0.3 is 4.74 Å². The Bertz CT molecular complexity index is 370. The minimum absolute atomic E-state index is 0.0263. The average Bonchev–Trinajstić information content (AvgIpc) is 2.73. The number of rotatable bonds is 6. The molecule has 1 aliphatic rings. The van der Waals surface area contributed by atoms with Crippen LogP contribution in [-0.2, 0) is 4.74 Å². The Labute approximate surface area is 146 Å². The van der Waals surface area contributed by atoms with Gasteiger partial charge in [-0.2, -0.15) is 0 Å². The van der Waals surface area contributed by atoms with Gasteiger partial charge in [0.25, 0.3) is 0 Å². The molecule has 0 aromatic heterocycles. The number of hydrogen-bond acceptors (Lipinski definition) is 2. The second-order valence-electron chi connectivity index (χ2n) is 11.2. The zero-order valence-corrected chi connectivity index (χ0v) is 17.7. The van der Waals surface area contributed by atoms with E-state index in [1.807, 2.05) is 0 Å². The van der Waals surface area contributed by atoms with Crippen LogP contribution < -0.4 is 0 Å². The fourth-order valence-electron chi connectivity index (χ4n) is 4.13. The smallest absolute Gasteiger partial charge is 0.0631 e. The first-order chi connectivity index (χ1) is 10.1. The molecule has 2 nitrogen and oxygen atoms in total. The molecule has 0 radical (unpaired) electrons. The zero-order valence-electron chi connectivity index (χ0n) is 17.7. The Morgan fingerprint density at radius 3 is 1.91 bits per heavy atom. The second-order valence-corrected chi connectivity index (χ2v) is 11.2. The Balaban J connectivity index is 2.48. The summed E-state index contributed by atoms with van der Waals surface area (Å²) in [4.78, 5) is 2.64. The van der Waals surface area contributed by atoms with Crippen LogP contribution in [0.25, 0.3) is 0 Å². The molecule has 1 fully saturated rings. The number of ether oxygens (including phenoxy) is 1. The molecule has 0 N–H and O–H groups in total. The van der Waals surface area contributed by atoms with Gasteiger partial charge in [0.05, 0.1) is 5.60 Å². The lowest BCUT2D eigenvalue weighted by atomic mass is 9.76. The van der Waals surface area contributed by atoms with Crippen molar-refractivity contribution in [2.75, 3.05) is 19.7 Å². The lowest BCUT2D eigenvalue weighted by molar-refractivity contribution is -0.0561. The molecule has 0 saturated carbocycles. The first kappa shape index (κ1) is 21.0. The quantitative estimate of drug-likeness (QED) is 0.616. The molecular formula is C21H43NO. The molecule has 0 aromatic rings. The molecule has 1 saturated heterocycles. The highest BCUT2D eigenvalue weighted by molar-refractivity contribution is 4.91. The van der Waals surface area contributed by atoms with Crippen molar-refractivity contribution in [3.63, 3.8) is 0 Å². The highest BCUT2D eigenvalue weighted by Gasteiger charge is 2.38. The first-order valence-electron chi connectivity index (χ1n) is 9.51. The second kappa shape index (κ2) is 7.04. The SMILES string of the molecule is CC(C)(C)CC(C)(C)OCCC(C)(C)C1CCN(C(C)(C)C)C1. The molecule has 138 valence electrons. The van der Waals surface area contributed by atoms with Crippen molar-refractivity contribution in [2.24, 2.45) is 16.7 Å². The highest BCUT2D eigenvalue weighted by atomic mass is 16.5. The molecule has 1 aliphatic heterocycles. The van der Waals surface area contributed by atoms with Gasteiger partial charge in [0.1, 0.15) is 0 Å². The summed E-state index contributed by atoms with van der Waals surface area (Å²) in [5.41, 5.74) is 0.951. The lowest BCUT2D eigenvalue weighted by Crippen LogP contribution is -2.40. The predicted molar refractivity (Wildman–Crippen MR) is 102 cm³/mol. The van der Waals surface area contributed by atoms with Crippen molar-refractivity contribution in [3.8, 4) is 0 Å². The Morgan fingerprint density at radius 2 is 1.48 bits per heavy atom. The molecule has 0 aromatic carbocycles. The molecule has 0 aliphatic carbocycles. The van der Waals surface area contributed by atoms with Gasteiger partial charge in [0, 0.05) is 18.7 Å². The standard InChI is InChI=1S/C21H43NO/c1-18(2,3)16-21(9,10)23-14-12-20(7,8)17-11-13-22(15-17)19(4,5)6/h17H,11-16H2,1-10H3. The van der Waals surface area contributed by atoms with Crippen LogP contribution in [0.15, 0.2) is 0 Å². The van der Waals surface area contributed by atoms with Gasteiger partial charge in [-0.25, -0.2) is 0 Å². The molecule has 23 heavy (non-hydrogen) atoms. The van der Waals surface area contributed by atoms with E-state index in [-0.39, 0.29) is 5.60 Å². The fourth-order valence-corrected chi connectivity index (χ4v) is 4.13. The molecule has 2 heteroatoms. The predicted octanol–water partition coefficient (Wildman–Crippen LogP) is 5.75. The minimum Gasteiger partial charge on any atom is -0.376 e. The van der Waals surface area contributed by atoms with Crippen molar-refractivity contribution in [1.82, 2.24) is 4.90 Å². The third-order valence-electron chi connectivity index (χ3n) is 5.44. The van der Waals surface area contributed by atoms with E-state index in [0.717, 1.165) is 25.4 Å². The average molecular weight is 326 g/mol. The monoisotopic (exact) mass is 325 g/mol. The Morgan fingerprint density at radius 1 is 0.913 bits per heavy atom. The van der Waals surface area contributed by atoms with E-state index in [4.69, 9.17) is 4.74 Å².